The molecule has 0 bridgehead atoms. The highest BCUT2D eigenvalue weighted by atomic mass is 35.5. The van der Waals surface area contributed by atoms with Gasteiger partial charge in [0.2, 0.25) is 10.0 Å². The van der Waals surface area contributed by atoms with Crippen molar-refractivity contribution in [3.63, 3.8) is 0 Å². The Kier molecular flexibility index (Phi) is 5.47. The molecule has 0 saturated carbocycles. The molecule has 0 unspecified atom stereocenters. The average molecular weight is 375 g/mol. The first kappa shape index (κ1) is 19.0. The smallest absolute Gasteiger partial charge is 0.410 e. The molecule has 0 N–H and O–H groups in total. The SMILES string of the molecule is Cc1c(Cl)cccc1S(=O)(=O)N1CCN(C(=O)OC(C)(C)C)CC1. The highest BCUT2D eigenvalue weighted by Gasteiger charge is 2.32. The van der Waals surface area contributed by atoms with Crippen LogP contribution in [0.25, 0.3) is 0 Å². The van der Waals surface area contributed by atoms with Gasteiger partial charge in [0.05, 0.1) is 4.90 Å². The maximum Gasteiger partial charge on any atom is 0.410 e. The number of sulfonamides is 1. The number of hydrogen-bond acceptors (Lipinski definition) is 4. The van der Waals surface area contributed by atoms with Gasteiger partial charge < -0.3 is 9.64 Å². The molecule has 24 heavy (non-hydrogen) atoms. The number of rotatable bonds is 2. The van der Waals surface area contributed by atoms with Gasteiger partial charge in [-0.1, -0.05) is 17.7 Å². The predicted molar refractivity (Wildman–Crippen MR) is 92.8 cm³/mol. The molecule has 1 aromatic carbocycles. The van der Waals surface area contributed by atoms with E-state index in [2.05, 4.69) is 0 Å². The topological polar surface area (TPSA) is 66.9 Å². The van der Waals surface area contributed by atoms with Gasteiger partial charge in [-0.3, -0.25) is 0 Å². The van der Waals surface area contributed by atoms with Gasteiger partial charge in [0, 0.05) is 31.2 Å². The zero-order chi connectivity index (χ0) is 18.1. The second kappa shape index (κ2) is 6.90. The molecule has 2 rings (SSSR count). The summed E-state index contributed by atoms with van der Waals surface area (Å²) in [5, 5.41) is 0.420. The Bertz CT molecular complexity index is 720. The first-order valence-corrected chi connectivity index (χ1v) is 9.57. The van der Waals surface area contributed by atoms with Crippen LogP contribution in [-0.4, -0.2) is 55.5 Å². The predicted octanol–water partition coefficient (Wildman–Crippen LogP) is 2.89. The maximum atomic E-state index is 12.8. The van der Waals surface area contributed by atoms with E-state index in [1.54, 1.807) is 45.9 Å². The largest absolute Gasteiger partial charge is 0.444 e. The average Bonchev–Trinajstić information content (AvgIpc) is 2.48. The first-order valence-electron chi connectivity index (χ1n) is 7.75. The van der Waals surface area contributed by atoms with Gasteiger partial charge in [-0.25, -0.2) is 13.2 Å². The van der Waals surface area contributed by atoms with Crippen LogP contribution in [0.2, 0.25) is 5.02 Å². The third kappa shape index (κ3) is 4.20. The summed E-state index contributed by atoms with van der Waals surface area (Å²) in [6, 6.07) is 4.84. The van der Waals surface area contributed by atoms with Crippen LogP contribution in [0.5, 0.6) is 0 Å². The first-order chi connectivity index (χ1) is 11.0. The molecule has 8 heteroatoms. The standard InChI is InChI=1S/C16H23ClN2O4S/c1-12-13(17)6-5-7-14(12)24(21,22)19-10-8-18(9-11-19)15(20)23-16(2,3)4/h5-7H,8-11H2,1-4H3. The van der Waals surface area contributed by atoms with Gasteiger partial charge in [0.1, 0.15) is 5.60 Å². The summed E-state index contributed by atoms with van der Waals surface area (Å²) in [6.45, 7) is 8.14. The maximum absolute atomic E-state index is 12.8. The lowest BCUT2D eigenvalue weighted by Gasteiger charge is -2.35. The second-order valence-corrected chi connectivity index (χ2v) is 9.05. The van der Waals surface area contributed by atoms with Crippen molar-refractivity contribution in [2.24, 2.45) is 0 Å². The Morgan fingerprint density at radius 1 is 1.17 bits per heavy atom. The van der Waals surface area contributed by atoms with Gasteiger partial charge >= 0.3 is 6.09 Å². The van der Waals surface area contributed by atoms with E-state index in [9.17, 15) is 13.2 Å². The molecule has 0 radical (unpaired) electrons. The highest BCUT2D eigenvalue weighted by molar-refractivity contribution is 7.89. The highest BCUT2D eigenvalue weighted by Crippen LogP contribution is 2.26. The molecular weight excluding hydrogens is 352 g/mol. The van der Waals surface area contributed by atoms with Crippen molar-refractivity contribution in [3.8, 4) is 0 Å². The van der Waals surface area contributed by atoms with Crippen LogP contribution in [0.3, 0.4) is 0 Å². The summed E-state index contributed by atoms with van der Waals surface area (Å²) in [5.74, 6) is 0. The second-order valence-electron chi connectivity index (χ2n) is 6.73. The molecule has 1 amide bonds. The van der Waals surface area contributed by atoms with Crippen molar-refractivity contribution < 1.29 is 17.9 Å². The molecule has 1 aromatic rings. The molecular formula is C16H23ClN2O4S. The lowest BCUT2D eigenvalue weighted by atomic mass is 10.2. The van der Waals surface area contributed by atoms with E-state index in [1.807, 2.05) is 0 Å². The van der Waals surface area contributed by atoms with Crippen molar-refractivity contribution in [2.45, 2.75) is 38.2 Å². The van der Waals surface area contributed by atoms with Crippen LogP contribution in [0.1, 0.15) is 26.3 Å². The zero-order valence-electron chi connectivity index (χ0n) is 14.4. The van der Waals surface area contributed by atoms with E-state index in [-0.39, 0.29) is 18.0 Å². The molecule has 0 aliphatic carbocycles. The quantitative estimate of drug-likeness (QED) is 0.798. The van der Waals surface area contributed by atoms with E-state index < -0.39 is 21.7 Å². The lowest BCUT2D eigenvalue weighted by Crippen LogP contribution is -2.51. The Balaban J connectivity index is 2.09. The third-order valence-electron chi connectivity index (χ3n) is 3.73. The molecule has 1 fully saturated rings. The number of benzene rings is 1. The Labute approximate surface area is 148 Å². The van der Waals surface area contributed by atoms with Gasteiger partial charge in [-0.15, -0.1) is 0 Å². The number of piperazine rings is 1. The molecule has 1 aliphatic rings. The Morgan fingerprint density at radius 2 is 1.75 bits per heavy atom. The number of carbonyl (C=O) groups excluding carboxylic acids is 1. The minimum absolute atomic E-state index is 0.209. The summed E-state index contributed by atoms with van der Waals surface area (Å²) >= 11 is 6.03. The van der Waals surface area contributed by atoms with Crippen molar-refractivity contribution in [3.05, 3.63) is 28.8 Å². The normalized spacial score (nSPS) is 17.0. The zero-order valence-corrected chi connectivity index (χ0v) is 15.9. The minimum atomic E-state index is -3.63. The van der Waals surface area contributed by atoms with Crippen molar-refractivity contribution in [2.75, 3.05) is 26.2 Å². The summed E-state index contributed by atoms with van der Waals surface area (Å²) in [5.41, 5.74) is -0.0354. The molecule has 134 valence electrons. The van der Waals surface area contributed by atoms with Crippen LogP contribution >= 0.6 is 11.6 Å². The number of amides is 1. The third-order valence-corrected chi connectivity index (χ3v) is 6.18. The number of carbonyl (C=O) groups is 1. The van der Waals surface area contributed by atoms with Crippen LogP contribution in [-0.2, 0) is 14.8 Å². The fourth-order valence-corrected chi connectivity index (χ4v) is 4.34. The Hall–Kier alpha value is -1.31. The van der Waals surface area contributed by atoms with Crippen LogP contribution < -0.4 is 0 Å². The lowest BCUT2D eigenvalue weighted by molar-refractivity contribution is 0.0192. The summed E-state index contributed by atoms with van der Waals surface area (Å²) < 4.78 is 32.3. The summed E-state index contributed by atoms with van der Waals surface area (Å²) in [4.78, 5) is 13.8. The molecule has 1 aliphatic heterocycles. The molecule has 1 heterocycles. The van der Waals surface area contributed by atoms with E-state index in [0.29, 0.717) is 23.7 Å². The van der Waals surface area contributed by atoms with Crippen molar-refractivity contribution >= 4 is 27.7 Å². The number of nitrogens with zero attached hydrogens (tertiary/aromatic N) is 2. The summed E-state index contributed by atoms with van der Waals surface area (Å²) in [6.07, 6.45) is -0.418. The summed E-state index contributed by atoms with van der Waals surface area (Å²) in [7, 11) is -3.63. The van der Waals surface area contributed by atoms with E-state index >= 15 is 0 Å². The number of halogens is 1. The van der Waals surface area contributed by atoms with Crippen molar-refractivity contribution in [1.29, 1.82) is 0 Å². The van der Waals surface area contributed by atoms with Crippen LogP contribution in [0.4, 0.5) is 4.79 Å². The van der Waals surface area contributed by atoms with Crippen molar-refractivity contribution in [1.82, 2.24) is 9.21 Å². The minimum Gasteiger partial charge on any atom is -0.444 e. The van der Waals surface area contributed by atoms with Gasteiger partial charge in [0.15, 0.2) is 0 Å². The van der Waals surface area contributed by atoms with E-state index in [0.717, 1.165) is 0 Å². The monoisotopic (exact) mass is 374 g/mol. The number of hydrogen-bond donors (Lipinski definition) is 0. The molecule has 0 spiro atoms. The van der Waals surface area contributed by atoms with Gasteiger partial charge in [-0.2, -0.15) is 4.31 Å². The van der Waals surface area contributed by atoms with Crippen LogP contribution in [0, 0.1) is 6.92 Å². The Morgan fingerprint density at radius 3 is 2.29 bits per heavy atom. The van der Waals surface area contributed by atoms with Crippen LogP contribution in [0.15, 0.2) is 23.1 Å². The molecule has 6 nitrogen and oxygen atoms in total. The van der Waals surface area contributed by atoms with Gasteiger partial charge in [0.25, 0.3) is 0 Å². The molecule has 0 atom stereocenters. The fourth-order valence-electron chi connectivity index (χ4n) is 2.44. The molecule has 1 saturated heterocycles. The van der Waals surface area contributed by atoms with Gasteiger partial charge in [-0.05, 0) is 45.4 Å². The number of ether oxygens (including phenoxy) is 1. The van der Waals surface area contributed by atoms with E-state index in [4.69, 9.17) is 16.3 Å². The molecule has 0 aromatic heterocycles. The fraction of sp³-hybridized carbons (Fsp3) is 0.562. The van der Waals surface area contributed by atoms with E-state index in [1.165, 1.54) is 9.21 Å².